The average Bonchev–Trinajstić information content (AvgIpc) is 2.44. The second-order valence-electron chi connectivity index (χ2n) is 5.78. The molecule has 0 saturated carbocycles. The Balaban J connectivity index is 0.00000242. The molecule has 1 aromatic carbocycles. The van der Waals surface area contributed by atoms with E-state index in [1.54, 1.807) is 0 Å². The van der Waals surface area contributed by atoms with Crippen LogP contribution in [0.15, 0.2) is 22.7 Å². The van der Waals surface area contributed by atoms with E-state index < -0.39 is 0 Å². The number of hydrogen-bond donors (Lipinski definition) is 2. The van der Waals surface area contributed by atoms with Crippen LogP contribution in [0.3, 0.4) is 0 Å². The van der Waals surface area contributed by atoms with Crippen LogP contribution in [0.1, 0.15) is 18.4 Å². The van der Waals surface area contributed by atoms with Gasteiger partial charge in [0.05, 0.1) is 6.54 Å². The minimum Gasteiger partial charge on any atom is -0.325 e. The lowest BCUT2D eigenvalue weighted by Crippen LogP contribution is -2.40. The largest absolute Gasteiger partial charge is 0.325 e. The van der Waals surface area contributed by atoms with E-state index in [-0.39, 0.29) is 18.3 Å². The standard InChI is InChI=1S/C16H24BrN3O.ClH/c1-12-9-14(17)3-4-15(12)19-16(21)11-20-7-5-13(6-8-20)10-18-2;/h3-4,9,13,18H,5-8,10-11H2,1-2H3,(H,19,21);1H. The van der Waals surface area contributed by atoms with Gasteiger partial charge in [0.1, 0.15) is 0 Å². The predicted octanol–water partition coefficient (Wildman–Crippen LogP) is 3.05. The maximum absolute atomic E-state index is 12.1. The van der Waals surface area contributed by atoms with Gasteiger partial charge in [-0.15, -0.1) is 12.4 Å². The zero-order chi connectivity index (χ0) is 15.2. The fraction of sp³-hybridized carbons (Fsp3) is 0.562. The van der Waals surface area contributed by atoms with Crippen LogP contribution >= 0.6 is 28.3 Å². The number of hydrogen-bond acceptors (Lipinski definition) is 3. The summed E-state index contributed by atoms with van der Waals surface area (Å²) >= 11 is 3.43. The number of carbonyl (C=O) groups is 1. The highest BCUT2D eigenvalue weighted by molar-refractivity contribution is 9.10. The Hall–Kier alpha value is -0.620. The monoisotopic (exact) mass is 389 g/mol. The number of carbonyl (C=O) groups excluding carboxylic acids is 1. The van der Waals surface area contributed by atoms with Gasteiger partial charge >= 0.3 is 0 Å². The van der Waals surface area contributed by atoms with Crippen LogP contribution in [0.25, 0.3) is 0 Å². The summed E-state index contributed by atoms with van der Waals surface area (Å²) < 4.78 is 1.03. The number of likely N-dealkylation sites (tertiary alicyclic amines) is 1. The highest BCUT2D eigenvalue weighted by atomic mass is 79.9. The zero-order valence-electron chi connectivity index (χ0n) is 13.2. The van der Waals surface area contributed by atoms with E-state index in [1.165, 1.54) is 12.8 Å². The Morgan fingerprint density at radius 1 is 1.36 bits per heavy atom. The molecule has 1 saturated heterocycles. The fourth-order valence-corrected chi connectivity index (χ4v) is 3.27. The summed E-state index contributed by atoms with van der Waals surface area (Å²) in [4.78, 5) is 14.4. The van der Waals surface area contributed by atoms with Gasteiger partial charge in [0.15, 0.2) is 0 Å². The maximum atomic E-state index is 12.1. The molecule has 0 bridgehead atoms. The van der Waals surface area contributed by atoms with Crippen LogP contribution in [0.4, 0.5) is 5.69 Å². The minimum absolute atomic E-state index is 0. The first-order chi connectivity index (χ1) is 10.1. The highest BCUT2D eigenvalue weighted by Crippen LogP contribution is 2.20. The molecule has 0 aliphatic carbocycles. The van der Waals surface area contributed by atoms with Crippen molar-refractivity contribution in [2.75, 3.05) is 38.5 Å². The van der Waals surface area contributed by atoms with E-state index in [2.05, 4.69) is 31.5 Å². The Kier molecular flexibility index (Phi) is 8.39. The van der Waals surface area contributed by atoms with Gasteiger partial charge in [-0.1, -0.05) is 15.9 Å². The molecule has 2 N–H and O–H groups in total. The van der Waals surface area contributed by atoms with Crippen molar-refractivity contribution in [2.45, 2.75) is 19.8 Å². The van der Waals surface area contributed by atoms with Crippen molar-refractivity contribution >= 4 is 39.9 Å². The lowest BCUT2D eigenvalue weighted by atomic mass is 9.97. The lowest BCUT2D eigenvalue weighted by Gasteiger charge is -2.31. The number of halogens is 2. The molecule has 1 heterocycles. The number of piperidine rings is 1. The molecular weight excluding hydrogens is 366 g/mol. The third-order valence-corrected chi connectivity index (χ3v) is 4.52. The molecule has 4 nitrogen and oxygen atoms in total. The second-order valence-corrected chi connectivity index (χ2v) is 6.70. The first kappa shape index (κ1) is 19.4. The van der Waals surface area contributed by atoms with E-state index in [1.807, 2.05) is 32.2 Å². The summed E-state index contributed by atoms with van der Waals surface area (Å²) in [6.45, 7) is 5.60. The van der Waals surface area contributed by atoms with Crippen molar-refractivity contribution < 1.29 is 4.79 Å². The SMILES string of the molecule is CNCC1CCN(CC(=O)Nc2ccc(Br)cc2C)CC1.Cl. The topological polar surface area (TPSA) is 44.4 Å². The fourth-order valence-electron chi connectivity index (χ4n) is 2.80. The summed E-state index contributed by atoms with van der Waals surface area (Å²) in [6, 6.07) is 5.90. The van der Waals surface area contributed by atoms with Crippen LogP contribution in [0.2, 0.25) is 0 Å². The maximum Gasteiger partial charge on any atom is 0.238 e. The number of rotatable bonds is 5. The van der Waals surface area contributed by atoms with E-state index in [0.717, 1.165) is 41.3 Å². The summed E-state index contributed by atoms with van der Waals surface area (Å²) in [7, 11) is 2.00. The van der Waals surface area contributed by atoms with Gasteiger partial charge in [0, 0.05) is 10.2 Å². The Bertz CT molecular complexity index is 490. The molecule has 0 unspecified atom stereocenters. The molecule has 1 aromatic rings. The lowest BCUT2D eigenvalue weighted by molar-refractivity contribution is -0.117. The molecule has 2 rings (SSSR count). The molecule has 6 heteroatoms. The van der Waals surface area contributed by atoms with Gasteiger partial charge in [0.25, 0.3) is 0 Å². The highest BCUT2D eigenvalue weighted by Gasteiger charge is 2.20. The summed E-state index contributed by atoms with van der Waals surface area (Å²) in [5.41, 5.74) is 1.97. The molecule has 0 spiro atoms. The Morgan fingerprint density at radius 3 is 2.64 bits per heavy atom. The van der Waals surface area contributed by atoms with Gasteiger partial charge in [0.2, 0.25) is 5.91 Å². The molecule has 22 heavy (non-hydrogen) atoms. The van der Waals surface area contributed by atoms with Crippen molar-refractivity contribution in [2.24, 2.45) is 5.92 Å². The summed E-state index contributed by atoms with van der Waals surface area (Å²) in [6.07, 6.45) is 2.34. The van der Waals surface area contributed by atoms with Gasteiger partial charge in [-0.3, -0.25) is 9.69 Å². The van der Waals surface area contributed by atoms with Crippen LogP contribution in [-0.4, -0.2) is 44.0 Å². The first-order valence-electron chi connectivity index (χ1n) is 7.51. The number of nitrogens with zero attached hydrogens (tertiary/aromatic N) is 1. The van der Waals surface area contributed by atoms with Crippen molar-refractivity contribution in [3.63, 3.8) is 0 Å². The summed E-state index contributed by atoms with van der Waals surface area (Å²) in [5, 5.41) is 6.24. The van der Waals surface area contributed by atoms with Crippen molar-refractivity contribution in [1.29, 1.82) is 0 Å². The molecule has 1 amide bonds. The molecule has 1 aliphatic rings. The van der Waals surface area contributed by atoms with Crippen LogP contribution in [0.5, 0.6) is 0 Å². The second kappa shape index (κ2) is 9.50. The smallest absolute Gasteiger partial charge is 0.238 e. The van der Waals surface area contributed by atoms with Gasteiger partial charge in [-0.25, -0.2) is 0 Å². The first-order valence-corrected chi connectivity index (χ1v) is 8.30. The number of nitrogens with one attached hydrogen (secondary N) is 2. The third-order valence-electron chi connectivity index (χ3n) is 4.03. The van der Waals surface area contributed by atoms with Crippen LogP contribution in [0, 0.1) is 12.8 Å². The van der Waals surface area contributed by atoms with Crippen molar-refractivity contribution in [3.05, 3.63) is 28.2 Å². The molecule has 0 aromatic heterocycles. The van der Waals surface area contributed by atoms with Gasteiger partial charge < -0.3 is 10.6 Å². The van der Waals surface area contributed by atoms with Crippen molar-refractivity contribution in [3.8, 4) is 0 Å². The number of amides is 1. The third kappa shape index (κ3) is 5.88. The van der Waals surface area contributed by atoms with Gasteiger partial charge in [-0.2, -0.15) is 0 Å². The zero-order valence-corrected chi connectivity index (χ0v) is 15.6. The Labute approximate surface area is 147 Å². The quantitative estimate of drug-likeness (QED) is 0.812. The summed E-state index contributed by atoms with van der Waals surface area (Å²) in [5.74, 6) is 0.829. The molecule has 1 aliphatic heterocycles. The van der Waals surface area contributed by atoms with Crippen molar-refractivity contribution in [1.82, 2.24) is 10.2 Å². The Morgan fingerprint density at radius 2 is 2.05 bits per heavy atom. The molecule has 1 fully saturated rings. The molecule has 0 atom stereocenters. The van der Waals surface area contributed by atoms with Gasteiger partial charge in [-0.05, 0) is 76.1 Å². The van der Waals surface area contributed by atoms with Crippen LogP contribution < -0.4 is 10.6 Å². The number of benzene rings is 1. The molecular formula is C16H25BrClN3O. The number of aryl methyl sites for hydroxylation is 1. The number of anilines is 1. The van der Waals surface area contributed by atoms with E-state index in [4.69, 9.17) is 0 Å². The van der Waals surface area contributed by atoms with E-state index >= 15 is 0 Å². The van der Waals surface area contributed by atoms with E-state index in [0.29, 0.717) is 6.54 Å². The normalized spacial score (nSPS) is 16.1. The average molecular weight is 391 g/mol. The molecule has 124 valence electrons. The minimum atomic E-state index is 0. The van der Waals surface area contributed by atoms with Crippen LogP contribution in [-0.2, 0) is 4.79 Å². The molecule has 0 radical (unpaired) electrons. The van der Waals surface area contributed by atoms with E-state index in [9.17, 15) is 4.79 Å². The predicted molar refractivity (Wildman–Crippen MR) is 97.8 cm³/mol.